The number of carboxylic acid groups (broad SMARTS) is 1. The van der Waals surface area contributed by atoms with E-state index >= 15 is 0 Å². The number of carbonyl (C=O) groups excluding carboxylic acids is 1. The molecule has 1 N–H and O–H groups in total. The summed E-state index contributed by atoms with van der Waals surface area (Å²) in [7, 11) is 0. The molecule has 1 amide bonds. The fourth-order valence-corrected chi connectivity index (χ4v) is 3.45. The van der Waals surface area contributed by atoms with E-state index in [-0.39, 0.29) is 12.5 Å². The monoisotopic (exact) mass is 327 g/mol. The van der Waals surface area contributed by atoms with Crippen LogP contribution in [-0.4, -0.2) is 52.5 Å². The molecule has 2 aliphatic rings. The highest BCUT2D eigenvalue weighted by Crippen LogP contribution is 2.36. The van der Waals surface area contributed by atoms with Crippen LogP contribution < -0.4 is 0 Å². The molecule has 2 rings (SSSR count). The van der Waals surface area contributed by atoms with Crippen LogP contribution in [0.1, 0.15) is 59.8 Å². The molecule has 2 atom stereocenters. The van der Waals surface area contributed by atoms with Crippen LogP contribution in [0.3, 0.4) is 0 Å². The normalized spacial score (nSPS) is 27.2. The second kappa shape index (κ2) is 6.67. The van der Waals surface area contributed by atoms with Crippen LogP contribution in [0.25, 0.3) is 0 Å². The third-order valence-corrected chi connectivity index (χ3v) is 4.39. The molecule has 1 aliphatic heterocycles. The van der Waals surface area contributed by atoms with Gasteiger partial charge >= 0.3 is 12.1 Å². The van der Waals surface area contributed by atoms with Gasteiger partial charge < -0.3 is 19.5 Å². The summed E-state index contributed by atoms with van der Waals surface area (Å²) in [6, 6.07) is 0. The first kappa shape index (κ1) is 18.0. The highest BCUT2D eigenvalue weighted by molar-refractivity contribution is 5.72. The molecule has 0 spiro atoms. The maximum absolute atomic E-state index is 12.1. The molecule has 1 aliphatic carbocycles. The number of hydrogen-bond acceptors (Lipinski definition) is 4. The number of likely N-dealkylation sites (tertiary alicyclic amines) is 1. The Morgan fingerprint density at radius 2 is 1.91 bits per heavy atom. The minimum absolute atomic E-state index is 0.0722. The highest BCUT2D eigenvalue weighted by Gasteiger charge is 2.50. The van der Waals surface area contributed by atoms with Gasteiger partial charge in [-0.3, -0.25) is 4.79 Å². The van der Waals surface area contributed by atoms with Crippen molar-refractivity contribution in [3.63, 3.8) is 0 Å². The van der Waals surface area contributed by atoms with Gasteiger partial charge in [-0.1, -0.05) is 19.8 Å². The van der Waals surface area contributed by atoms with E-state index in [1.165, 1.54) is 11.3 Å². The smallest absolute Gasteiger partial charge is 0.410 e. The van der Waals surface area contributed by atoms with Crippen molar-refractivity contribution in [3.8, 4) is 0 Å². The van der Waals surface area contributed by atoms with Gasteiger partial charge in [0, 0.05) is 0 Å². The van der Waals surface area contributed by atoms with Gasteiger partial charge in [0.15, 0.2) is 0 Å². The maximum atomic E-state index is 12.1. The van der Waals surface area contributed by atoms with E-state index in [1.54, 1.807) is 0 Å². The van der Waals surface area contributed by atoms with Crippen molar-refractivity contribution in [3.05, 3.63) is 0 Å². The first-order chi connectivity index (χ1) is 10.6. The minimum atomic E-state index is -0.891. The Kier molecular flexibility index (Phi) is 5.23. The summed E-state index contributed by atoms with van der Waals surface area (Å²) < 4.78 is 11.5. The fraction of sp³-hybridized carbons (Fsp3) is 0.882. The molecule has 6 nitrogen and oxygen atoms in total. The van der Waals surface area contributed by atoms with Gasteiger partial charge in [0.2, 0.25) is 0 Å². The van der Waals surface area contributed by atoms with Gasteiger partial charge in [-0.2, -0.15) is 0 Å². The lowest BCUT2D eigenvalue weighted by Crippen LogP contribution is -2.67. The van der Waals surface area contributed by atoms with E-state index in [0.29, 0.717) is 19.0 Å². The molecule has 6 heteroatoms. The number of ether oxygens (including phenoxy) is 2. The third kappa shape index (κ3) is 5.09. The van der Waals surface area contributed by atoms with Gasteiger partial charge in [0.05, 0.1) is 25.6 Å². The summed E-state index contributed by atoms with van der Waals surface area (Å²) in [4.78, 5) is 24.8. The topological polar surface area (TPSA) is 76.1 Å². The number of carbonyl (C=O) groups is 2. The molecule has 1 saturated heterocycles. The second-order valence-corrected chi connectivity index (χ2v) is 8.10. The Balaban J connectivity index is 1.94. The molecule has 23 heavy (non-hydrogen) atoms. The highest BCUT2D eigenvalue weighted by atomic mass is 16.6. The molecule has 2 unspecified atom stereocenters. The Morgan fingerprint density at radius 3 is 2.43 bits per heavy atom. The van der Waals surface area contributed by atoms with Gasteiger partial charge in [-0.15, -0.1) is 0 Å². The zero-order valence-electron chi connectivity index (χ0n) is 14.6. The average molecular weight is 327 g/mol. The minimum Gasteiger partial charge on any atom is -0.481 e. The molecule has 0 bridgehead atoms. The van der Waals surface area contributed by atoms with E-state index in [1.807, 2.05) is 20.8 Å². The van der Waals surface area contributed by atoms with Crippen LogP contribution in [0.15, 0.2) is 0 Å². The quantitative estimate of drug-likeness (QED) is 0.859. The Labute approximate surface area is 138 Å². The number of amides is 1. The van der Waals surface area contributed by atoms with Crippen LogP contribution in [0.5, 0.6) is 0 Å². The number of hydrogen-bond donors (Lipinski definition) is 1. The van der Waals surface area contributed by atoms with Gasteiger partial charge in [0.1, 0.15) is 11.2 Å². The van der Waals surface area contributed by atoms with Crippen molar-refractivity contribution in [2.45, 2.75) is 77.1 Å². The molecular formula is C17H29NO5. The largest absolute Gasteiger partial charge is 0.481 e. The van der Waals surface area contributed by atoms with Gasteiger partial charge in [0.25, 0.3) is 0 Å². The van der Waals surface area contributed by atoms with E-state index in [2.05, 4.69) is 6.92 Å². The van der Waals surface area contributed by atoms with E-state index in [0.717, 1.165) is 19.3 Å². The summed E-state index contributed by atoms with van der Waals surface area (Å²) >= 11 is 0. The van der Waals surface area contributed by atoms with Crippen molar-refractivity contribution in [2.75, 3.05) is 13.1 Å². The summed E-state index contributed by atoms with van der Waals surface area (Å²) in [6.07, 6.45) is 3.88. The van der Waals surface area contributed by atoms with Gasteiger partial charge in [-0.05, 0) is 39.5 Å². The molecule has 1 saturated carbocycles. The van der Waals surface area contributed by atoms with Crippen LogP contribution in [0.2, 0.25) is 0 Å². The Morgan fingerprint density at radius 1 is 1.26 bits per heavy atom. The predicted molar refractivity (Wildman–Crippen MR) is 85.3 cm³/mol. The van der Waals surface area contributed by atoms with E-state index in [4.69, 9.17) is 9.47 Å². The predicted octanol–water partition coefficient (Wildman–Crippen LogP) is 3.05. The van der Waals surface area contributed by atoms with Crippen molar-refractivity contribution in [1.82, 2.24) is 4.90 Å². The lowest BCUT2D eigenvalue weighted by Gasteiger charge is -2.50. The summed E-state index contributed by atoms with van der Waals surface area (Å²) in [6.45, 7) is 8.23. The summed E-state index contributed by atoms with van der Waals surface area (Å²) in [5.74, 6) is -0.282. The zero-order chi connectivity index (χ0) is 17.3. The van der Waals surface area contributed by atoms with Crippen molar-refractivity contribution in [2.24, 2.45) is 5.92 Å². The molecule has 0 radical (unpaired) electrons. The number of carboxylic acids is 1. The zero-order valence-corrected chi connectivity index (χ0v) is 14.6. The number of aliphatic carboxylic acids is 1. The lowest BCUT2D eigenvalue weighted by molar-refractivity contribution is -0.189. The summed E-state index contributed by atoms with van der Waals surface area (Å²) in [5, 5.41) is 9.19. The van der Waals surface area contributed by atoms with Crippen LogP contribution in [0, 0.1) is 5.92 Å². The Bertz CT molecular complexity index is 450. The first-order valence-electron chi connectivity index (χ1n) is 8.46. The Hall–Kier alpha value is -1.30. The molecular weight excluding hydrogens is 298 g/mol. The van der Waals surface area contributed by atoms with Crippen LogP contribution in [-0.2, 0) is 14.3 Å². The van der Waals surface area contributed by atoms with E-state index < -0.39 is 23.3 Å². The first-order valence-corrected chi connectivity index (χ1v) is 8.46. The van der Waals surface area contributed by atoms with Crippen LogP contribution in [0.4, 0.5) is 4.79 Å². The lowest BCUT2D eigenvalue weighted by atomic mass is 9.86. The second-order valence-electron chi connectivity index (χ2n) is 8.10. The van der Waals surface area contributed by atoms with Crippen molar-refractivity contribution >= 4 is 12.1 Å². The average Bonchev–Trinajstić information content (AvgIpc) is 2.32. The SMILES string of the molecule is CC1CCCC(OC2(CC(=O)O)CN(C(=O)OC(C)(C)C)C2)C1. The fourth-order valence-electron chi connectivity index (χ4n) is 3.45. The number of nitrogens with zero attached hydrogens (tertiary/aromatic N) is 1. The molecule has 0 aromatic carbocycles. The molecule has 0 aromatic rings. The van der Waals surface area contributed by atoms with E-state index in [9.17, 15) is 14.7 Å². The maximum Gasteiger partial charge on any atom is 0.410 e. The summed E-state index contributed by atoms with van der Waals surface area (Å²) in [5.41, 5.74) is -1.31. The van der Waals surface area contributed by atoms with Crippen molar-refractivity contribution in [1.29, 1.82) is 0 Å². The number of rotatable bonds is 4. The molecule has 2 fully saturated rings. The van der Waals surface area contributed by atoms with Crippen molar-refractivity contribution < 1.29 is 24.2 Å². The molecule has 132 valence electrons. The third-order valence-electron chi connectivity index (χ3n) is 4.39. The van der Waals surface area contributed by atoms with Crippen LogP contribution >= 0.6 is 0 Å². The molecule has 1 heterocycles. The molecule has 0 aromatic heterocycles. The standard InChI is InChI=1S/C17H29NO5/c1-12-6-5-7-13(8-12)22-17(9-14(19)20)10-18(11-17)15(21)23-16(2,3)4/h12-13H,5-11H2,1-4H3,(H,19,20). The van der Waals surface area contributed by atoms with Gasteiger partial charge in [-0.25, -0.2) is 4.79 Å².